The van der Waals surface area contributed by atoms with Crippen LogP contribution in [0.4, 0.5) is 0 Å². The monoisotopic (exact) mass is 202 g/mol. The Bertz CT molecular complexity index is 475. The molecule has 0 aliphatic carbocycles. The van der Waals surface area contributed by atoms with Gasteiger partial charge in [-0.3, -0.25) is 4.98 Å². The highest BCUT2D eigenvalue weighted by molar-refractivity contribution is 6.11. The standard InChI is InChI=1S/C10H10N4O/c1-14-7-12-6-9(14)10(13-15)8-3-2-4-11-5-8/h2-7,15H,1H3. The third-order valence-corrected chi connectivity index (χ3v) is 2.09. The SMILES string of the molecule is Cn1cncc1C(=NO)c1cccnc1. The second kappa shape index (κ2) is 3.91. The average Bonchev–Trinajstić information content (AvgIpc) is 2.68. The number of aryl methyl sites for hydroxylation is 1. The summed E-state index contributed by atoms with van der Waals surface area (Å²) in [5, 5.41) is 12.3. The van der Waals surface area contributed by atoms with Gasteiger partial charge in [-0.15, -0.1) is 0 Å². The van der Waals surface area contributed by atoms with E-state index >= 15 is 0 Å². The van der Waals surface area contributed by atoms with E-state index in [1.807, 2.05) is 13.1 Å². The number of hydrogen-bond acceptors (Lipinski definition) is 4. The Hall–Kier alpha value is -2.17. The molecule has 0 unspecified atom stereocenters. The van der Waals surface area contributed by atoms with Gasteiger partial charge in [-0.2, -0.15) is 0 Å². The molecule has 5 nitrogen and oxygen atoms in total. The summed E-state index contributed by atoms with van der Waals surface area (Å²) in [4.78, 5) is 7.94. The number of rotatable bonds is 2. The molecule has 0 radical (unpaired) electrons. The van der Waals surface area contributed by atoms with Crippen molar-refractivity contribution in [1.82, 2.24) is 14.5 Å². The first-order valence-corrected chi connectivity index (χ1v) is 4.42. The molecule has 76 valence electrons. The van der Waals surface area contributed by atoms with E-state index in [-0.39, 0.29) is 0 Å². The summed E-state index contributed by atoms with van der Waals surface area (Å²) in [6, 6.07) is 3.62. The molecule has 2 aromatic rings. The summed E-state index contributed by atoms with van der Waals surface area (Å²) >= 11 is 0. The van der Waals surface area contributed by atoms with Crippen LogP contribution in [0.25, 0.3) is 0 Å². The molecule has 0 amide bonds. The first kappa shape index (κ1) is 9.39. The number of nitrogens with zero attached hydrogens (tertiary/aromatic N) is 4. The van der Waals surface area contributed by atoms with E-state index in [2.05, 4.69) is 15.1 Å². The molecule has 1 N–H and O–H groups in total. The van der Waals surface area contributed by atoms with Gasteiger partial charge in [-0.05, 0) is 12.1 Å². The van der Waals surface area contributed by atoms with E-state index in [0.717, 1.165) is 11.3 Å². The predicted molar refractivity (Wildman–Crippen MR) is 54.9 cm³/mol. The van der Waals surface area contributed by atoms with Crippen LogP contribution in [-0.2, 0) is 7.05 Å². The number of aromatic nitrogens is 3. The van der Waals surface area contributed by atoms with Crippen LogP contribution in [0.1, 0.15) is 11.3 Å². The molecule has 0 fully saturated rings. The number of oxime groups is 1. The van der Waals surface area contributed by atoms with E-state index < -0.39 is 0 Å². The van der Waals surface area contributed by atoms with Crippen molar-refractivity contribution in [1.29, 1.82) is 0 Å². The lowest BCUT2D eigenvalue weighted by Crippen LogP contribution is -2.08. The van der Waals surface area contributed by atoms with Crippen LogP contribution < -0.4 is 0 Å². The van der Waals surface area contributed by atoms with Crippen LogP contribution in [0.5, 0.6) is 0 Å². The fraction of sp³-hybridized carbons (Fsp3) is 0.100. The van der Waals surface area contributed by atoms with Gasteiger partial charge in [0.15, 0.2) is 0 Å². The van der Waals surface area contributed by atoms with E-state index in [4.69, 9.17) is 5.21 Å². The number of pyridine rings is 1. The molecule has 5 heteroatoms. The first-order chi connectivity index (χ1) is 7.33. The van der Waals surface area contributed by atoms with Crippen molar-refractivity contribution in [2.45, 2.75) is 0 Å². The lowest BCUT2D eigenvalue weighted by Gasteiger charge is -2.03. The van der Waals surface area contributed by atoms with Gasteiger partial charge < -0.3 is 9.77 Å². The number of hydrogen-bond donors (Lipinski definition) is 1. The molecule has 0 aliphatic rings. The van der Waals surface area contributed by atoms with Crippen molar-refractivity contribution in [2.24, 2.45) is 12.2 Å². The third-order valence-electron chi connectivity index (χ3n) is 2.09. The van der Waals surface area contributed by atoms with Gasteiger partial charge >= 0.3 is 0 Å². The topological polar surface area (TPSA) is 63.3 Å². The quantitative estimate of drug-likeness (QED) is 0.449. The minimum absolute atomic E-state index is 0.461. The van der Waals surface area contributed by atoms with Crippen LogP contribution in [-0.4, -0.2) is 25.5 Å². The molecule has 15 heavy (non-hydrogen) atoms. The lowest BCUT2D eigenvalue weighted by atomic mass is 10.1. The number of imidazole rings is 1. The minimum Gasteiger partial charge on any atom is -0.410 e. The van der Waals surface area contributed by atoms with Crippen molar-refractivity contribution in [2.75, 3.05) is 0 Å². The Morgan fingerprint density at radius 1 is 1.40 bits per heavy atom. The van der Waals surface area contributed by atoms with Gasteiger partial charge in [-0.25, -0.2) is 4.98 Å². The fourth-order valence-electron chi connectivity index (χ4n) is 1.35. The van der Waals surface area contributed by atoms with Crippen molar-refractivity contribution in [3.05, 3.63) is 48.3 Å². The Kier molecular flexibility index (Phi) is 2.45. The summed E-state index contributed by atoms with van der Waals surface area (Å²) in [5.41, 5.74) is 1.96. The van der Waals surface area contributed by atoms with Crippen LogP contribution in [0.2, 0.25) is 0 Å². The van der Waals surface area contributed by atoms with Gasteiger partial charge in [0, 0.05) is 25.0 Å². The molecule has 2 aromatic heterocycles. The van der Waals surface area contributed by atoms with Crippen molar-refractivity contribution < 1.29 is 5.21 Å². The van der Waals surface area contributed by atoms with E-state index in [0.29, 0.717) is 5.71 Å². The molecule has 0 aromatic carbocycles. The minimum atomic E-state index is 0.461. The maximum atomic E-state index is 8.99. The molecular weight excluding hydrogens is 192 g/mol. The highest BCUT2D eigenvalue weighted by atomic mass is 16.4. The summed E-state index contributed by atoms with van der Waals surface area (Å²) in [6.07, 6.45) is 6.60. The normalized spacial score (nSPS) is 11.7. The summed E-state index contributed by atoms with van der Waals surface area (Å²) in [5.74, 6) is 0. The Morgan fingerprint density at radius 3 is 2.80 bits per heavy atom. The predicted octanol–water partition coefficient (Wildman–Crippen LogP) is 1.04. The highest BCUT2D eigenvalue weighted by Crippen LogP contribution is 2.08. The zero-order valence-corrected chi connectivity index (χ0v) is 8.20. The molecule has 2 rings (SSSR count). The fourth-order valence-corrected chi connectivity index (χ4v) is 1.35. The zero-order valence-electron chi connectivity index (χ0n) is 8.20. The molecule has 0 bridgehead atoms. The van der Waals surface area contributed by atoms with E-state index in [9.17, 15) is 0 Å². The maximum Gasteiger partial charge on any atom is 0.136 e. The molecule has 0 atom stereocenters. The summed E-state index contributed by atoms with van der Waals surface area (Å²) in [7, 11) is 1.84. The van der Waals surface area contributed by atoms with Crippen LogP contribution in [0.15, 0.2) is 42.2 Å². The van der Waals surface area contributed by atoms with Crippen LogP contribution >= 0.6 is 0 Å². The van der Waals surface area contributed by atoms with Gasteiger partial charge in [0.05, 0.1) is 18.2 Å². The maximum absolute atomic E-state index is 8.99. The van der Waals surface area contributed by atoms with Gasteiger partial charge in [0.1, 0.15) is 5.71 Å². The summed E-state index contributed by atoms with van der Waals surface area (Å²) < 4.78 is 1.78. The van der Waals surface area contributed by atoms with E-state index in [1.54, 1.807) is 35.6 Å². The third kappa shape index (κ3) is 1.71. The van der Waals surface area contributed by atoms with E-state index in [1.165, 1.54) is 0 Å². The largest absolute Gasteiger partial charge is 0.410 e. The van der Waals surface area contributed by atoms with Crippen molar-refractivity contribution in [3.63, 3.8) is 0 Å². The molecule has 0 saturated carbocycles. The molecular formula is C10H10N4O. The van der Waals surface area contributed by atoms with Crippen molar-refractivity contribution >= 4 is 5.71 Å². The smallest absolute Gasteiger partial charge is 0.136 e. The molecule has 0 saturated heterocycles. The van der Waals surface area contributed by atoms with Crippen LogP contribution in [0.3, 0.4) is 0 Å². The second-order valence-electron chi connectivity index (χ2n) is 3.08. The first-order valence-electron chi connectivity index (χ1n) is 4.42. The Morgan fingerprint density at radius 2 is 2.27 bits per heavy atom. The summed E-state index contributed by atoms with van der Waals surface area (Å²) in [6.45, 7) is 0. The zero-order chi connectivity index (χ0) is 10.7. The molecule has 0 aliphatic heterocycles. The highest BCUT2D eigenvalue weighted by Gasteiger charge is 2.10. The average molecular weight is 202 g/mol. The Labute approximate surface area is 86.7 Å². The Balaban J connectivity index is 2.48. The van der Waals surface area contributed by atoms with Gasteiger partial charge in [0.2, 0.25) is 0 Å². The second-order valence-corrected chi connectivity index (χ2v) is 3.08. The van der Waals surface area contributed by atoms with Gasteiger partial charge in [-0.1, -0.05) is 5.16 Å². The van der Waals surface area contributed by atoms with Crippen molar-refractivity contribution in [3.8, 4) is 0 Å². The van der Waals surface area contributed by atoms with Crippen LogP contribution in [0, 0.1) is 0 Å². The van der Waals surface area contributed by atoms with Gasteiger partial charge in [0.25, 0.3) is 0 Å². The molecule has 0 spiro atoms. The lowest BCUT2D eigenvalue weighted by molar-refractivity contribution is 0.319. The molecule has 2 heterocycles.